The van der Waals surface area contributed by atoms with Crippen LogP contribution >= 0.6 is 0 Å². The van der Waals surface area contributed by atoms with Crippen LogP contribution in [0.4, 0.5) is 11.4 Å². The van der Waals surface area contributed by atoms with Gasteiger partial charge >= 0.3 is 0 Å². The molecule has 0 saturated carbocycles. The molecule has 160 valence electrons. The summed E-state index contributed by atoms with van der Waals surface area (Å²) in [6, 6.07) is 14.0. The van der Waals surface area contributed by atoms with Crippen LogP contribution in [0.25, 0.3) is 0 Å². The Bertz CT molecular complexity index is 833. The van der Waals surface area contributed by atoms with Gasteiger partial charge in [-0.3, -0.25) is 9.59 Å². The highest BCUT2D eigenvalue weighted by atomic mass is 16.5. The zero-order valence-electron chi connectivity index (χ0n) is 17.5. The van der Waals surface area contributed by atoms with E-state index in [2.05, 4.69) is 12.2 Å². The molecule has 0 spiro atoms. The number of imide groups is 1. The summed E-state index contributed by atoms with van der Waals surface area (Å²) in [4.78, 5) is 26.6. The number of aliphatic hydroxyl groups excluding tert-OH is 1. The molecule has 0 aromatic heterocycles. The van der Waals surface area contributed by atoms with E-state index in [1.165, 1.54) is 17.7 Å². The molecule has 1 aliphatic heterocycles. The lowest BCUT2D eigenvalue weighted by atomic mass is 10.1. The minimum absolute atomic E-state index is 0.0973. The molecule has 2 aromatic carbocycles. The molecule has 3 rings (SSSR count). The van der Waals surface area contributed by atoms with Gasteiger partial charge in [0.2, 0.25) is 5.91 Å². The molecule has 1 heterocycles. The van der Waals surface area contributed by atoms with Crippen molar-refractivity contribution in [3.05, 3.63) is 54.1 Å². The minimum atomic E-state index is -0.587. The Kier molecular flexibility index (Phi) is 7.85. The predicted octanol–water partition coefficient (Wildman–Crippen LogP) is 3.92. The van der Waals surface area contributed by atoms with E-state index in [4.69, 9.17) is 9.84 Å². The number of unbranched alkanes of at least 4 members (excludes halogenated alkanes) is 3. The van der Waals surface area contributed by atoms with Crippen LogP contribution in [-0.2, 0) is 16.0 Å². The number of anilines is 2. The molecule has 2 aromatic rings. The van der Waals surface area contributed by atoms with Crippen molar-refractivity contribution < 1.29 is 19.4 Å². The van der Waals surface area contributed by atoms with Crippen molar-refractivity contribution in [1.82, 2.24) is 0 Å². The molecule has 1 saturated heterocycles. The molecular formula is C24H30N2O4. The van der Waals surface area contributed by atoms with Crippen molar-refractivity contribution in [2.24, 2.45) is 0 Å². The summed E-state index contributed by atoms with van der Waals surface area (Å²) in [7, 11) is 0. The maximum absolute atomic E-state index is 12.8. The van der Waals surface area contributed by atoms with Crippen LogP contribution in [0.5, 0.6) is 5.75 Å². The van der Waals surface area contributed by atoms with Crippen LogP contribution in [0.15, 0.2) is 48.5 Å². The topological polar surface area (TPSA) is 78.9 Å². The second-order valence-corrected chi connectivity index (χ2v) is 7.54. The van der Waals surface area contributed by atoms with Crippen LogP contribution in [0.2, 0.25) is 0 Å². The first-order valence-electron chi connectivity index (χ1n) is 10.7. The van der Waals surface area contributed by atoms with Crippen LogP contribution in [0.3, 0.4) is 0 Å². The van der Waals surface area contributed by atoms with E-state index >= 15 is 0 Å². The van der Waals surface area contributed by atoms with E-state index in [0.29, 0.717) is 18.7 Å². The van der Waals surface area contributed by atoms with E-state index in [0.717, 1.165) is 29.8 Å². The Balaban J connectivity index is 1.57. The molecule has 30 heavy (non-hydrogen) atoms. The number of amides is 2. The van der Waals surface area contributed by atoms with Gasteiger partial charge in [0.25, 0.3) is 5.91 Å². The lowest BCUT2D eigenvalue weighted by Crippen LogP contribution is -2.34. The molecule has 2 N–H and O–H groups in total. The zero-order chi connectivity index (χ0) is 21.3. The number of rotatable bonds is 11. The number of hydrogen-bond acceptors (Lipinski definition) is 5. The van der Waals surface area contributed by atoms with Crippen molar-refractivity contribution in [1.29, 1.82) is 0 Å². The zero-order valence-corrected chi connectivity index (χ0v) is 17.5. The van der Waals surface area contributed by atoms with Gasteiger partial charge in [-0.25, -0.2) is 4.90 Å². The van der Waals surface area contributed by atoms with Crippen molar-refractivity contribution in [3.63, 3.8) is 0 Å². The third-order valence-corrected chi connectivity index (χ3v) is 5.20. The Morgan fingerprint density at radius 2 is 1.77 bits per heavy atom. The summed E-state index contributed by atoms with van der Waals surface area (Å²) in [6.07, 6.45) is 5.29. The Morgan fingerprint density at radius 3 is 2.43 bits per heavy atom. The molecule has 0 aliphatic carbocycles. The molecule has 2 amide bonds. The Labute approximate surface area is 177 Å². The first kappa shape index (κ1) is 21.8. The standard InChI is InChI=1S/C24H30N2O4/c1-2-3-4-5-16-30-21-12-10-20(11-13-21)26-23(28)17-22(24(26)29)25-19-8-6-18(7-9-19)14-15-27/h6-13,22,25,27H,2-5,14-17H2,1H3/t22-/m1/s1. The highest BCUT2D eigenvalue weighted by Crippen LogP contribution is 2.27. The Hall–Kier alpha value is -2.86. The fourth-order valence-corrected chi connectivity index (χ4v) is 3.52. The van der Waals surface area contributed by atoms with Gasteiger partial charge in [0.05, 0.1) is 18.7 Å². The van der Waals surface area contributed by atoms with E-state index in [-0.39, 0.29) is 24.8 Å². The average Bonchev–Trinajstić information content (AvgIpc) is 3.03. The van der Waals surface area contributed by atoms with Gasteiger partial charge in [0.1, 0.15) is 11.8 Å². The molecule has 0 bridgehead atoms. The van der Waals surface area contributed by atoms with Crippen LogP contribution in [-0.4, -0.2) is 36.2 Å². The maximum Gasteiger partial charge on any atom is 0.256 e. The number of hydrogen-bond donors (Lipinski definition) is 2. The fraction of sp³-hybridized carbons (Fsp3) is 0.417. The fourth-order valence-electron chi connectivity index (χ4n) is 3.52. The SMILES string of the molecule is CCCCCCOc1ccc(N2C(=O)C[C@@H](Nc3ccc(CCO)cc3)C2=O)cc1. The van der Waals surface area contributed by atoms with Gasteiger partial charge in [-0.2, -0.15) is 0 Å². The number of benzene rings is 2. The monoisotopic (exact) mass is 410 g/mol. The van der Waals surface area contributed by atoms with Gasteiger partial charge in [0.15, 0.2) is 0 Å². The third-order valence-electron chi connectivity index (χ3n) is 5.20. The van der Waals surface area contributed by atoms with Gasteiger partial charge in [-0.05, 0) is 54.8 Å². The molecule has 0 unspecified atom stereocenters. The number of nitrogens with zero attached hydrogens (tertiary/aromatic N) is 1. The maximum atomic E-state index is 12.8. The number of aliphatic hydroxyl groups is 1. The molecule has 1 fully saturated rings. The van der Waals surface area contributed by atoms with Crippen LogP contribution in [0, 0.1) is 0 Å². The molecule has 0 radical (unpaired) electrons. The largest absolute Gasteiger partial charge is 0.494 e. The highest BCUT2D eigenvalue weighted by molar-refractivity contribution is 6.23. The summed E-state index contributed by atoms with van der Waals surface area (Å²) in [5, 5.41) is 12.1. The van der Waals surface area contributed by atoms with Gasteiger partial charge in [0, 0.05) is 12.3 Å². The number of carbonyl (C=O) groups is 2. The van der Waals surface area contributed by atoms with Crippen molar-refractivity contribution in [3.8, 4) is 5.75 Å². The van der Waals surface area contributed by atoms with E-state index in [1.807, 2.05) is 24.3 Å². The van der Waals surface area contributed by atoms with Crippen LogP contribution < -0.4 is 15.0 Å². The second kappa shape index (κ2) is 10.8. The van der Waals surface area contributed by atoms with Gasteiger partial charge < -0.3 is 15.2 Å². The first-order valence-corrected chi connectivity index (χ1v) is 10.7. The predicted molar refractivity (Wildman–Crippen MR) is 118 cm³/mol. The lowest BCUT2D eigenvalue weighted by molar-refractivity contribution is -0.121. The van der Waals surface area contributed by atoms with Gasteiger partial charge in [-0.1, -0.05) is 38.3 Å². The number of ether oxygens (including phenoxy) is 1. The Morgan fingerprint density at radius 1 is 1.03 bits per heavy atom. The first-order chi connectivity index (χ1) is 14.6. The van der Waals surface area contributed by atoms with Crippen LogP contribution in [0.1, 0.15) is 44.6 Å². The quantitative estimate of drug-likeness (QED) is 0.434. The summed E-state index contributed by atoms with van der Waals surface area (Å²) >= 11 is 0. The number of carbonyl (C=O) groups excluding carboxylic acids is 2. The lowest BCUT2D eigenvalue weighted by Gasteiger charge is -2.17. The number of nitrogens with one attached hydrogen (secondary N) is 1. The van der Waals surface area contributed by atoms with Crippen molar-refractivity contribution >= 4 is 23.2 Å². The van der Waals surface area contributed by atoms with Gasteiger partial charge in [-0.15, -0.1) is 0 Å². The summed E-state index contributed by atoms with van der Waals surface area (Å²) in [5.74, 6) is 0.266. The molecular weight excluding hydrogens is 380 g/mol. The average molecular weight is 411 g/mol. The summed E-state index contributed by atoms with van der Waals surface area (Å²) < 4.78 is 5.73. The summed E-state index contributed by atoms with van der Waals surface area (Å²) in [5.41, 5.74) is 2.36. The van der Waals surface area contributed by atoms with E-state index < -0.39 is 6.04 Å². The normalized spacial score (nSPS) is 16.2. The minimum Gasteiger partial charge on any atom is -0.494 e. The third kappa shape index (κ3) is 5.60. The smallest absolute Gasteiger partial charge is 0.256 e. The molecule has 1 aliphatic rings. The molecule has 6 nitrogen and oxygen atoms in total. The van der Waals surface area contributed by atoms with Crippen molar-refractivity contribution in [2.45, 2.75) is 51.5 Å². The summed E-state index contributed by atoms with van der Waals surface area (Å²) in [6.45, 7) is 2.94. The molecule has 6 heteroatoms. The van der Waals surface area contributed by atoms with E-state index in [1.54, 1.807) is 24.3 Å². The second-order valence-electron chi connectivity index (χ2n) is 7.54. The molecule has 1 atom stereocenters. The van der Waals surface area contributed by atoms with Crippen molar-refractivity contribution in [2.75, 3.05) is 23.4 Å². The van der Waals surface area contributed by atoms with E-state index in [9.17, 15) is 9.59 Å². The highest BCUT2D eigenvalue weighted by Gasteiger charge is 2.39.